The van der Waals surface area contributed by atoms with E-state index in [0.717, 1.165) is 6.07 Å². The average Bonchev–Trinajstić information content (AvgIpc) is 2.96. The predicted molar refractivity (Wildman–Crippen MR) is 69.6 cm³/mol. The van der Waals surface area contributed by atoms with Gasteiger partial charge in [-0.05, 0) is 18.9 Å². The highest BCUT2D eigenvalue weighted by molar-refractivity contribution is 5.95. The van der Waals surface area contributed by atoms with Gasteiger partial charge < -0.3 is 4.98 Å². The van der Waals surface area contributed by atoms with E-state index in [9.17, 15) is 23.2 Å². The number of nitrogens with one attached hydrogen (secondary N) is 3. The van der Waals surface area contributed by atoms with Crippen molar-refractivity contribution in [2.45, 2.75) is 32.1 Å². The molecule has 1 fully saturated rings. The van der Waals surface area contributed by atoms with E-state index >= 15 is 0 Å². The number of halogens is 2. The molecule has 0 saturated heterocycles. The Labute approximate surface area is 118 Å². The number of aromatic nitrogens is 1. The second-order valence-electron chi connectivity index (χ2n) is 5.01. The largest absolute Gasteiger partial charge is 0.328 e. The van der Waals surface area contributed by atoms with E-state index in [4.69, 9.17) is 0 Å². The van der Waals surface area contributed by atoms with Gasteiger partial charge in [0.2, 0.25) is 11.5 Å². The minimum atomic E-state index is -2.77. The highest BCUT2D eigenvalue weighted by Gasteiger charge is 2.49. The van der Waals surface area contributed by atoms with Crippen LogP contribution >= 0.6 is 0 Å². The van der Waals surface area contributed by atoms with Crippen LogP contribution in [0.5, 0.6) is 0 Å². The lowest BCUT2D eigenvalue weighted by molar-refractivity contribution is -0.141. The lowest BCUT2D eigenvalue weighted by atomic mass is 9.86. The number of amides is 2. The smallest absolute Gasteiger partial charge is 0.271 e. The zero-order valence-electron chi connectivity index (χ0n) is 11.1. The number of pyridine rings is 1. The van der Waals surface area contributed by atoms with Crippen LogP contribution in [0.2, 0.25) is 0 Å². The summed E-state index contributed by atoms with van der Waals surface area (Å²) in [7, 11) is 0. The second kappa shape index (κ2) is 6.02. The summed E-state index contributed by atoms with van der Waals surface area (Å²) >= 11 is 0. The number of hydrazine groups is 1. The fourth-order valence-corrected chi connectivity index (χ4v) is 2.41. The molecule has 2 amide bonds. The van der Waals surface area contributed by atoms with E-state index in [1.165, 1.54) is 12.3 Å². The fourth-order valence-electron chi connectivity index (χ4n) is 2.41. The Kier molecular flexibility index (Phi) is 4.35. The molecule has 1 aliphatic rings. The number of H-pyrrole nitrogens is 1. The molecule has 0 radical (unpaired) electrons. The molecule has 6 nitrogen and oxygen atoms in total. The van der Waals surface area contributed by atoms with Crippen LogP contribution < -0.4 is 16.4 Å². The molecule has 21 heavy (non-hydrogen) atoms. The maximum absolute atomic E-state index is 13.1. The van der Waals surface area contributed by atoms with Gasteiger partial charge in [-0.15, -0.1) is 0 Å². The van der Waals surface area contributed by atoms with Crippen LogP contribution in [0, 0.1) is 5.41 Å². The van der Waals surface area contributed by atoms with Gasteiger partial charge in [0.05, 0.1) is 5.56 Å². The molecule has 3 N–H and O–H groups in total. The molecule has 0 aliphatic heterocycles. The summed E-state index contributed by atoms with van der Waals surface area (Å²) in [6.45, 7) is 0. The highest BCUT2D eigenvalue weighted by atomic mass is 19.3. The second-order valence-corrected chi connectivity index (χ2v) is 5.01. The number of rotatable bonds is 3. The molecule has 8 heteroatoms. The molecule has 0 unspecified atom stereocenters. The molecule has 0 aromatic carbocycles. The van der Waals surface area contributed by atoms with Crippen molar-refractivity contribution in [3.63, 3.8) is 0 Å². The van der Waals surface area contributed by atoms with Crippen molar-refractivity contribution < 1.29 is 18.4 Å². The number of hydrogen-bond donors (Lipinski definition) is 3. The number of alkyl halides is 2. The SMILES string of the molecule is O=C(NNC(=O)C1(C(F)F)CCCC1)c1ccc(=O)[nH]c1. The van der Waals surface area contributed by atoms with Crippen LogP contribution in [-0.4, -0.2) is 23.2 Å². The Balaban J connectivity index is 1.98. The Hall–Kier alpha value is -2.25. The van der Waals surface area contributed by atoms with Crippen molar-refractivity contribution in [2.24, 2.45) is 5.41 Å². The van der Waals surface area contributed by atoms with Gasteiger partial charge in [0.15, 0.2) is 0 Å². The number of aromatic amines is 1. The van der Waals surface area contributed by atoms with Crippen LogP contribution in [0.3, 0.4) is 0 Å². The lowest BCUT2D eigenvalue weighted by Gasteiger charge is -2.26. The van der Waals surface area contributed by atoms with E-state index in [2.05, 4.69) is 10.4 Å². The number of carbonyl (C=O) groups excluding carboxylic acids is 2. The first-order valence-electron chi connectivity index (χ1n) is 6.53. The van der Waals surface area contributed by atoms with Crippen molar-refractivity contribution in [1.29, 1.82) is 0 Å². The van der Waals surface area contributed by atoms with Crippen molar-refractivity contribution in [2.75, 3.05) is 0 Å². The van der Waals surface area contributed by atoms with Crippen LogP contribution in [0.4, 0.5) is 8.78 Å². The summed E-state index contributed by atoms with van der Waals surface area (Å²) < 4.78 is 26.2. The van der Waals surface area contributed by atoms with Gasteiger partial charge in [-0.2, -0.15) is 0 Å². The zero-order valence-corrected chi connectivity index (χ0v) is 11.1. The third kappa shape index (κ3) is 3.09. The van der Waals surface area contributed by atoms with Crippen LogP contribution in [-0.2, 0) is 4.79 Å². The molecule has 1 aromatic heterocycles. The van der Waals surface area contributed by atoms with Gasteiger partial charge in [0.1, 0.15) is 5.41 Å². The van der Waals surface area contributed by atoms with E-state index in [1.54, 1.807) is 0 Å². The molecule has 114 valence electrons. The lowest BCUT2D eigenvalue weighted by Crippen LogP contribution is -2.51. The van der Waals surface area contributed by atoms with Gasteiger partial charge in [-0.1, -0.05) is 12.8 Å². The van der Waals surface area contributed by atoms with E-state index in [-0.39, 0.29) is 24.0 Å². The molecule has 0 bridgehead atoms. The maximum Gasteiger partial charge on any atom is 0.271 e. The molecular formula is C13H15F2N3O3. The van der Waals surface area contributed by atoms with Crippen molar-refractivity contribution in [1.82, 2.24) is 15.8 Å². The van der Waals surface area contributed by atoms with Crippen molar-refractivity contribution in [3.05, 3.63) is 34.2 Å². The molecule has 0 spiro atoms. The van der Waals surface area contributed by atoms with Crippen molar-refractivity contribution >= 4 is 11.8 Å². The minimum Gasteiger partial charge on any atom is -0.328 e. The number of hydrogen-bond acceptors (Lipinski definition) is 3. The summed E-state index contributed by atoms with van der Waals surface area (Å²) in [4.78, 5) is 36.8. The maximum atomic E-state index is 13.1. The van der Waals surface area contributed by atoms with Gasteiger partial charge in [-0.25, -0.2) is 8.78 Å². The Morgan fingerprint density at radius 2 is 1.86 bits per heavy atom. The molecule has 2 rings (SSSR count). The standard InChI is InChI=1S/C13H15F2N3O3/c14-11(15)13(5-1-2-6-13)12(21)18-17-10(20)8-3-4-9(19)16-7-8/h3-4,7,11H,1-2,5-6H2,(H,16,19)(H,17,20)(H,18,21). The third-order valence-corrected chi connectivity index (χ3v) is 3.70. The molecule has 0 atom stereocenters. The molecule has 1 aliphatic carbocycles. The summed E-state index contributed by atoms with van der Waals surface area (Å²) in [5.41, 5.74) is 2.13. The Bertz CT molecular complexity index is 574. The predicted octanol–water partition coefficient (Wildman–Crippen LogP) is 0.961. The minimum absolute atomic E-state index is 0.102. The van der Waals surface area contributed by atoms with E-state index < -0.39 is 23.7 Å². The normalized spacial score (nSPS) is 16.7. The van der Waals surface area contributed by atoms with E-state index in [0.29, 0.717) is 12.8 Å². The topological polar surface area (TPSA) is 91.1 Å². The molecule has 1 aromatic rings. The first-order valence-corrected chi connectivity index (χ1v) is 6.53. The molecule has 1 saturated carbocycles. The number of carbonyl (C=O) groups is 2. The molecule has 1 heterocycles. The fraction of sp³-hybridized carbons (Fsp3) is 0.462. The van der Waals surface area contributed by atoms with Gasteiger partial charge >= 0.3 is 0 Å². The van der Waals surface area contributed by atoms with Crippen LogP contribution in [0.1, 0.15) is 36.0 Å². The molecular weight excluding hydrogens is 284 g/mol. The summed E-state index contributed by atoms with van der Waals surface area (Å²) in [5.74, 6) is -1.57. The summed E-state index contributed by atoms with van der Waals surface area (Å²) in [5, 5.41) is 0. The highest BCUT2D eigenvalue weighted by Crippen LogP contribution is 2.43. The zero-order chi connectivity index (χ0) is 15.5. The Morgan fingerprint density at radius 1 is 1.19 bits per heavy atom. The first kappa shape index (κ1) is 15.1. The quantitative estimate of drug-likeness (QED) is 0.726. The van der Waals surface area contributed by atoms with E-state index in [1.807, 2.05) is 5.43 Å². The Morgan fingerprint density at radius 3 is 2.38 bits per heavy atom. The monoisotopic (exact) mass is 299 g/mol. The summed E-state index contributed by atoms with van der Waals surface area (Å²) in [6.07, 6.45) is -0.278. The average molecular weight is 299 g/mol. The first-order chi connectivity index (χ1) is 9.95. The summed E-state index contributed by atoms with van der Waals surface area (Å²) in [6, 6.07) is 2.41. The van der Waals surface area contributed by atoms with Crippen LogP contribution in [0.25, 0.3) is 0 Å². The van der Waals surface area contributed by atoms with Gasteiger partial charge in [0, 0.05) is 12.3 Å². The van der Waals surface area contributed by atoms with Crippen LogP contribution in [0.15, 0.2) is 23.1 Å². The van der Waals surface area contributed by atoms with Gasteiger partial charge in [0.25, 0.3) is 12.3 Å². The van der Waals surface area contributed by atoms with Gasteiger partial charge in [-0.3, -0.25) is 25.2 Å². The van der Waals surface area contributed by atoms with Crippen molar-refractivity contribution in [3.8, 4) is 0 Å². The third-order valence-electron chi connectivity index (χ3n) is 3.70.